The minimum Gasteiger partial charge on any atom is -0.493 e. The summed E-state index contributed by atoms with van der Waals surface area (Å²) in [4.78, 5) is 28.1. The van der Waals surface area contributed by atoms with Crippen molar-refractivity contribution in [3.05, 3.63) is 60.3 Å². The normalized spacial score (nSPS) is 12.5. The fraction of sp³-hybridized carbons (Fsp3) is 0.364. The molecule has 0 atom stereocenters. The van der Waals surface area contributed by atoms with Gasteiger partial charge in [0.25, 0.3) is 5.91 Å². The molecule has 1 aliphatic heterocycles. The number of rotatable bonds is 8. The summed E-state index contributed by atoms with van der Waals surface area (Å²) in [6.45, 7) is 6.01. The van der Waals surface area contributed by atoms with Crippen molar-refractivity contribution < 1.29 is 9.53 Å². The molecule has 0 fully saturated rings. The predicted molar refractivity (Wildman–Crippen MR) is 115 cm³/mol. The molecule has 0 radical (unpaired) electrons. The van der Waals surface area contributed by atoms with E-state index in [2.05, 4.69) is 20.3 Å². The van der Waals surface area contributed by atoms with E-state index in [-0.39, 0.29) is 11.9 Å². The fourth-order valence-electron chi connectivity index (χ4n) is 3.45. The number of carbonyl (C=O) groups excluding carboxylic acids is 1. The van der Waals surface area contributed by atoms with Gasteiger partial charge in [0.1, 0.15) is 11.6 Å². The molecule has 1 N–H and O–H groups in total. The number of benzene rings is 1. The molecule has 0 spiro atoms. The molecule has 0 bridgehead atoms. The van der Waals surface area contributed by atoms with Gasteiger partial charge in [0.2, 0.25) is 5.95 Å². The smallest absolute Gasteiger partial charge is 0.259 e. The molecule has 0 aliphatic carbocycles. The molecule has 1 aliphatic rings. The van der Waals surface area contributed by atoms with Gasteiger partial charge < -0.3 is 14.6 Å². The third-order valence-electron chi connectivity index (χ3n) is 4.87. The lowest BCUT2D eigenvalue weighted by Gasteiger charge is -2.23. The Balaban J connectivity index is 1.58. The fourth-order valence-corrected chi connectivity index (χ4v) is 3.45. The molecular weight excluding hydrogens is 380 g/mol. The molecule has 3 aromatic rings. The van der Waals surface area contributed by atoms with Crippen LogP contribution in [-0.2, 0) is 13.0 Å². The van der Waals surface area contributed by atoms with Gasteiger partial charge in [-0.2, -0.15) is 4.98 Å². The van der Waals surface area contributed by atoms with Crippen LogP contribution in [-0.4, -0.2) is 44.6 Å². The third-order valence-corrected chi connectivity index (χ3v) is 4.87. The van der Waals surface area contributed by atoms with Crippen LogP contribution >= 0.6 is 0 Å². The Kier molecular flexibility index (Phi) is 5.92. The Morgan fingerprint density at radius 1 is 1.30 bits per heavy atom. The van der Waals surface area contributed by atoms with Gasteiger partial charge >= 0.3 is 0 Å². The molecule has 4 rings (SSSR count). The highest BCUT2D eigenvalue weighted by Crippen LogP contribution is 2.27. The highest BCUT2D eigenvalue weighted by atomic mass is 16.5. The molecule has 0 saturated heterocycles. The van der Waals surface area contributed by atoms with Crippen LogP contribution in [0.3, 0.4) is 0 Å². The van der Waals surface area contributed by atoms with Crippen LogP contribution in [0.5, 0.6) is 5.75 Å². The maximum absolute atomic E-state index is 13.5. The molecule has 2 aromatic heterocycles. The van der Waals surface area contributed by atoms with Gasteiger partial charge in [0.05, 0.1) is 12.9 Å². The highest BCUT2D eigenvalue weighted by molar-refractivity contribution is 6.05. The van der Waals surface area contributed by atoms with Gasteiger partial charge in [-0.3, -0.25) is 9.69 Å². The second-order valence-electron chi connectivity index (χ2n) is 7.57. The van der Waals surface area contributed by atoms with Crippen molar-refractivity contribution in [3.63, 3.8) is 0 Å². The van der Waals surface area contributed by atoms with Crippen LogP contribution in [0.1, 0.15) is 36.2 Å². The number of anilines is 2. The van der Waals surface area contributed by atoms with Crippen molar-refractivity contribution in [1.82, 2.24) is 19.5 Å². The summed E-state index contributed by atoms with van der Waals surface area (Å²) >= 11 is 0. The Morgan fingerprint density at radius 2 is 2.20 bits per heavy atom. The van der Waals surface area contributed by atoms with E-state index in [0.717, 1.165) is 30.7 Å². The summed E-state index contributed by atoms with van der Waals surface area (Å²) in [6.07, 6.45) is 8.73. The number of fused-ring (bicyclic) bond motifs is 1. The zero-order valence-electron chi connectivity index (χ0n) is 17.3. The monoisotopic (exact) mass is 406 g/mol. The second-order valence-corrected chi connectivity index (χ2v) is 7.57. The van der Waals surface area contributed by atoms with E-state index in [4.69, 9.17) is 4.74 Å². The molecule has 0 unspecified atom stereocenters. The lowest BCUT2D eigenvalue weighted by atomic mass is 10.1. The molecular formula is C22H26N6O2. The predicted octanol–water partition coefficient (Wildman–Crippen LogP) is 3.17. The van der Waals surface area contributed by atoms with Crippen molar-refractivity contribution in [3.8, 4) is 5.75 Å². The lowest BCUT2D eigenvalue weighted by Crippen LogP contribution is -2.33. The number of nitrogens with one attached hydrogen (secondary N) is 1. The van der Waals surface area contributed by atoms with Gasteiger partial charge in [0, 0.05) is 49.7 Å². The van der Waals surface area contributed by atoms with E-state index in [0.29, 0.717) is 30.5 Å². The number of imidazole rings is 1. The minimum absolute atomic E-state index is 0.0791. The SMILES string of the molecule is CC(C)Nc1nccc(N(CCCn2ccnc2)C(=O)c2ccc3c(c2)CCO3)n1. The molecule has 1 amide bonds. The Hall–Kier alpha value is -3.42. The summed E-state index contributed by atoms with van der Waals surface area (Å²) in [6, 6.07) is 7.61. The quantitative estimate of drug-likeness (QED) is 0.619. The molecule has 1 aromatic carbocycles. The van der Waals surface area contributed by atoms with E-state index in [1.807, 2.05) is 42.8 Å². The number of aryl methyl sites for hydroxylation is 1. The average Bonchev–Trinajstić information content (AvgIpc) is 3.41. The van der Waals surface area contributed by atoms with Crippen molar-refractivity contribution >= 4 is 17.7 Å². The Morgan fingerprint density at radius 3 is 3.00 bits per heavy atom. The van der Waals surface area contributed by atoms with Crippen LogP contribution < -0.4 is 15.0 Å². The maximum Gasteiger partial charge on any atom is 0.259 e. The molecule has 8 nitrogen and oxygen atoms in total. The summed E-state index contributed by atoms with van der Waals surface area (Å²) in [5.74, 6) is 1.88. The first-order chi connectivity index (χ1) is 14.6. The van der Waals surface area contributed by atoms with E-state index in [9.17, 15) is 4.79 Å². The number of nitrogens with zero attached hydrogens (tertiary/aromatic N) is 5. The standard InChI is InChI=1S/C22H26N6O2/c1-16(2)25-22-24-8-6-20(26-22)28(11-3-10-27-12-9-23-15-27)21(29)18-4-5-19-17(14-18)7-13-30-19/h4-6,8-9,12,14-16H,3,7,10-11,13H2,1-2H3,(H,24,25,26). The number of carbonyl (C=O) groups is 1. The van der Waals surface area contributed by atoms with Crippen molar-refractivity contribution in [2.45, 2.75) is 39.3 Å². The first kappa shape index (κ1) is 19.9. The largest absolute Gasteiger partial charge is 0.493 e. The van der Waals surface area contributed by atoms with E-state index in [1.165, 1.54) is 0 Å². The number of ether oxygens (including phenoxy) is 1. The van der Waals surface area contributed by atoms with Crippen LogP contribution in [0.2, 0.25) is 0 Å². The van der Waals surface area contributed by atoms with Gasteiger partial charge in [0.15, 0.2) is 0 Å². The van der Waals surface area contributed by atoms with Crippen molar-refractivity contribution in [2.75, 3.05) is 23.4 Å². The average molecular weight is 406 g/mol. The number of amides is 1. The summed E-state index contributed by atoms with van der Waals surface area (Å²) < 4.78 is 7.58. The first-order valence-electron chi connectivity index (χ1n) is 10.2. The Labute approximate surface area is 175 Å². The number of hydrogen-bond donors (Lipinski definition) is 1. The van der Waals surface area contributed by atoms with Crippen LogP contribution in [0, 0.1) is 0 Å². The molecule has 8 heteroatoms. The zero-order chi connectivity index (χ0) is 20.9. The van der Waals surface area contributed by atoms with Gasteiger partial charge in [-0.05, 0) is 50.1 Å². The lowest BCUT2D eigenvalue weighted by molar-refractivity contribution is 0.0985. The van der Waals surface area contributed by atoms with Crippen LogP contribution in [0.25, 0.3) is 0 Å². The topological polar surface area (TPSA) is 85.2 Å². The highest BCUT2D eigenvalue weighted by Gasteiger charge is 2.22. The van der Waals surface area contributed by atoms with Crippen LogP contribution in [0.15, 0.2) is 49.2 Å². The van der Waals surface area contributed by atoms with Gasteiger partial charge in [-0.15, -0.1) is 0 Å². The summed E-state index contributed by atoms with van der Waals surface area (Å²) in [5, 5.41) is 3.20. The first-order valence-corrected chi connectivity index (χ1v) is 10.2. The zero-order valence-corrected chi connectivity index (χ0v) is 17.3. The minimum atomic E-state index is -0.0791. The molecule has 156 valence electrons. The van der Waals surface area contributed by atoms with Gasteiger partial charge in [-0.1, -0.05) is 0 Å². The maximum atomic E-state index is 13.5. The second kappa shape index (κ2) is 8.94. The number of hydrogen-bond acceptors (Lipinski definition) is 6. The van der Waals surface area contributed by atoms with Gasteiger partial charge in [-0.25, -0.2) is 9.97 Å². The van der Waals surface area contributed by atoms with Crippen molar-refractivity contribution in [1.29, 1.82) is 0 Å². The molecule has 30 heavy (non-hydrogen) atoms. The molecule has 0 saturated carbocycles. The number of aromatic nitrogens is 4. The molecule has 3 heterocycles. The van der Waals surface area contributed by atoms with Crippen molar-refractivity contribution in [2.24, 2.45) is 0 Å². The van der Waals surface area contributed by atoms with E-state index in [1.54, 1.807) is 29.7 Å². The summed E-state index contributed by atoms with van der Waals surface area (Å²) in [5.41, 5.74) is 1.71. The van der Waals surface area contributed by atoms with Crippen LogP contribution in [0.4, 0.5) is 11.8 Å². The summed E-state index contributed by atoms with van der Waals surface area (Å²) in [7, 11) is 0. The van der Waals surface area contributed by atoms with E-state index < -0.39 is 0 Å². The third kappa shape index (κ3) is 4.59. The Bertz CT molecular complexity index is 1000. The van der Waals surface area contributed by atoms with E-state index >= 15 is 0 Å².